The standard InChI is InChI=1S/C13H22N2O2/c16-13(17)6-8-15(11-3-4-11)12-5-7-14(9-12)10-1-2-10/h10-12H,1-9H2,(H,16,17). The highest BCUT2D eigenvalue weighted by atomic mass is 16.4. The van der Waals surface area contributed by atoms with Gasteiger partial charge in [-0.05, 0) is 32.1 Å². The Morgan fingerprint density at radius 2 is 1.94 bits per heavy atom. The van der Waals surface area contributed by atoms with E-state index in [0.29, 0.717) is 18.5 Å². The minimum Gasteiger partial charge on any atom is -0.481 e. The Kier molecular flexibility index (Phi) is 3.09. The van der Waals surface area contributed by atoms with Crippen LogP contribution in [0.15, 0.2) is 0 Å². The number of carboxylic acids is 1. The van der Waals surface area contributed by atoms with Gasteiger partial charge < -0.3 is 5.11 Å². The molecule has 2 aliphatic carbocycles. The number of carboxylic acid groups (broad SMARTS) is 1. The van der Waals surface area contributed by atoms with Gasteiger partial charge in [-0.25, -0.2) is 0 Å². The maximum Gasteiger partial charge on any atom is 0.304 e. The van der Waals surface area contributed by atoms with Gasteiger partial charge >= 0.3 is 5.97 Å². The SMILES string of the molecule is O=C(O)CCN(C1CC1)C1CCN(C2CC2)C1. The van der Waals surface area contributed by atoms with E-state index in [1.165, 1.54) is 45.2 Å². The van der Waals surface area contributed by atoms with Gasteiger partial charge in [0.2, 0.25) is 0 Å². The van der Waals surface area contributed by atoms with Crippen molar-refractivity contribution in [2.24, 2.45) is 0 Å². The second-order valence-electron chi connectivity index (χ2n) is 5.78. The molecule has 1 saturated heterocycles. The highest BCUT2D eigenvalue weighted by Crippen LogP contribution is 2.35. The number of hydrogen-bond acceptors (Lipinski definition) is 3. The van der Waals surface area contributed by atoms with Gasteiger partial charge in [0.15, 0.2) is 0 Å². The molecule has 4 heteroatoms. The van der Waals surface area contributed by atoms with Gasteiger partial charge in [0, 0.05) is 37.8 Å². The van der Waals surface area contributed by atoms with E-state index >= 15 is 0 Å². The molecule has 1 heterocycles. The molecule has 0 spiro atoms. The van der Waals surface area contributed by atoms with Crippen LogP contribution >= 0.6 is 0 Å². The molecular formula is C13H22N2O2. The van der Waals surface area contributed by atoms with E-state index in [1.807, 2.05) is 0 Å². The normalized spacial score (nSPS) is 30.1. The molecule has 4 nitrogen and oxygen atoms in total. The summed E-state index contributed by atoms with van der Waals surface area (Å²) in [6, 6.07) is 2.18. The van der Waals surface area contributed by atoms with Gasteiger partial charge in [0.1, 0.15) is 0 Å². The fraction of sp³-hybridized carbons (Fsp3) is 0.923. The van der Waals surface area contributed by atoms with Gasteiger partial charge in [-0.15, -0.1) is 0 Å². The van der Waals surface area contributed by atoms with Crippen LogP contribution in [-0.2, 0) is 4.79 Å². The molecule has 0 amide bonds. The first kappa shape index (κ1) is 11.5. The van der Waals surface area contributed by atoms with Crippen LogP contribution in [-0.4, -0.2) is 58.6 Å². The van der Waals surface area contributed by atoms with Crippen molar-refractivity contribution >= 4 is 5.97 Å². The van der Waals surface area contributed by atoms with Crippen LogP contribution in [0.1, 0.15) is 38.5 Å². The van der Waals surface area contributed by atoms with Gasteiger partial charge in [0.05, 0.1) is 6.42 Å². The Bertz CT molecular complexity index is 300. The first-order chi connectivity index (χ1) is 8.24. The van der Waals surface area contributed by atoms with Crippen molar-refractivity contribution in [2.45, 2.75) is 56.7 Å². The van der Waals surface area contributed by atoms with E-state index in [1.54, 1.807) is 0 Å². The lowest BCUT2D eigenvalue weighted by atomic mass is 10.2. The van der Waals surface area contributed by atoms with E-state index < -0.39 is 5.97 Å². The zero-order valence-corrected chi connectivity index (χ0v) is 10.3. The van der Waals surface area contributed by atoms with Gasteiger partial charge in [-0.2, -0.15) is 0 Å². The summed E-state index contributed by atoms with van der Waals surface area (Å²) >= 11 is 0. The van der Waals surface area contributed by atoms with Crippen LogP contribution in [0.2, 0.25) is 0 Å². The van der Waals surface area contributed by atoms with Crippen molar-refractivity contribution in [3.8, 4) is 0 Å². The Labute approximate surface area is 103 Å². The highest BCUT2D eigenvalue weighted by molar-refractivity contribution is 5.66. The monoisotopic (exact) mass is 238 g/mol. The molecule has 3 aliphatic rings. The Hall–Kier alpha value is -0.610. The van der Waals surface area contributed by atoms with E-state index in [-0.39, 0.29) is 0 Å². The van der Waals surface area contributed by atoms with Crippen LogP contribution in [0.25, 0.3) is 0 Å². The number of likely N-dealkylation sites (tertiary alicyclic amines) is 1. The number of carbonyl (C=O) groups is 1. The molecule has 2 saturated carbocycles. The van der Waals surface area contributed by atoms with Crippen molar-refractivity contribution in [3.63, 3.8) is 0 Å². The molecule has 3 rings (SSSR count). The third-order valence-electron chi connectivity index (χ3n) is 4.33. The van der Waals surface area contributed by atoms with Crippen LogP contribution < -0.4 is 0 Å². The quantitative estimate of drug-likeness (QED) is 0.754. The average Bonchev–Trinajstić information content (AvgIpc) is 3.18. The molecular weight excluding hydrogens is 216 g/mol. The predicted molar refractivity (Wildman–Crippen MR) is 65.0 cm³/mol. The summed E-state index contributed by atoms with van der Waals surface area (Å²) in [6.45, 7) is 3.16. The number of hydrogen-bond donors (Lipinski definition) is 1. The molecule has 0 bridgehead atoms. The van der Waals surface area contributed by atoms with Gasteiger partial charge in [-0.1, -0.05) is 0 Å². The second kappa shape index (κ2) is 4.58. The van der Waals surface area contributed by atoms with Crippen LogP contribution in [0, 0.1) is 0 Å². The topological polar surface area (TPSA) is 43.8 Å². The molecule has 17 heavy (non-hydrogen) atoms. The summed E-state index contributed by atoms with van der Waals surface area (Å²) in [6.07, 6.45) is 6.86. The molecule has 1 unspecified atom stereocenters. The fourth-order valence-electron chi connectivity index (χ4n) is 3.10. The van der Waals surface area contributed by atoms with Crippen molar-refractivity contribution in [1.29, 1.82) is 0 Å². The lowest BCUT2D eigenvalue weighted by Gasteiger charge is -2.28. The van der Waals surface area contributed by atoms with Crippen LogP contribution in [0.4, 0.5) is 0 Å². The van der Waals surface area contributed by atoms with Crippen molar-refractivity contribution in [1.82, 2.24) is 9.80 Å². The highest BCUT2D eigenvalue weighted by Gasteiger charge is 2.40. The molecule has 3 fully saturated rings. The van der Waals surface area contributed by atoms with Crippen LogP contribution in [0.5, 0.6) is 0 Å². The summed E-state index contributed by atoms with van der Waals surface area (Å²) < 4.78 is 0. The third kappa shape index (κ3) is 2.80. The summed E-state index contributed by atoms with van der Waals surface area (Å²) in [4.78, 5) is 15.8. The lowest BCUT2D eigenvalue weighted by Crippen LogP contribution is -2.40. The smallest absolute Gasteiger partial charge is 0.304 e. The Morgan fingerprint density at radius 1 is 1.18 bits per heavy atom. The first-order valence-electron chi connectivity index (χ1n) is 6.95. The minimum atomic E-state index is -0.660. The van der Waals surface area contributed by atoms with E-state index in [9.17, 15) is 4.79 Å². The Balaban J connectivity index is 1.53. The molecule has 1 atom stereocenters. The van der Waals surface area contributed by atoms with Crippen molar-refractivity contribution in [3.05, 3.63) is 0 Å². The minimum absolute atomic E-state index is 0.302. The summed E-state index contributed by atoms with van der Waals surface area (Å²) in [5, 5.41) is 8.82. The fourth-order valence-corrected chi connectivity index (χ4v) is 3.10. The van der Waals surface area contributed by atoms with E-state index in [2.05, 4.69) is 9.80 Å². The lowest BCUT2D eigenvalue weighted by molar-refractivity contribution is -0.137. The first-order valence-corrected chi connectivity index (χ1v) is 6.95. The van der Waals surface area contributed by atoms with E-state index in [0.717, 1.165) is 12.6 Å². The maximum atomic E-state index is 10.7. The summed E-state index contributed by atoms with van der Waals surface area (Å²) in [5.74, 6) is -0.660. The van der Waals surface area contributed by atoms with Crippen molar-refractivity contribution in [2.75, 3.05) is 19.6 Å². The van der Waals surface area contributed by atoms with Gasteiger partial charge in [-0.3, -0.25) is 14.6 Å². The number of rotatable bonds is 6. The zero-order chi connectivity index (χ0) is 11.8. The molecule has 0 aromatic rings. The molecule has 1 aliphatic heterocycles. The van der Waals surface area contributed by atoms with Crippen LogP contribution in [0.3, 0.4) is 0 Å². The molecule has 0 aromatic heterocycles. The van der Waals surface area contributed by atoms with E-state index in [4.69, 9.17) is 5.11 Å². The molecule has 0 radical (unpaired) electrons. The number of nitrogens with zero attached hydrogens (tertiary/aromatic N) is 2. The zero-order valence-electron chi connectivity index (χ0n) is 10.3. The molecule has 0 aromatic carbocycles. The maximum absolute atomic E-state index is 10.7. The average molecular weight is 238 g/mol. The van der Waals surface area contributed by atoms with Crippen molar-refractivity contribution < 1.29 is 9.90 Å². The van der Waals surface area contributed by atoms with Gasteiger partial charge in [0.25, 0.3) is 0 Å². The third-order valence-corrected chi connectivity index (χ3v) is 4.33. The molecule has 1 N–H and O–H groups in total. The largest absolute Gasteiger partial charge is 0.481 e. The molecule has 96 valence electrons. The predicted octanol–water partition coefficient (Wildman–Crippen LogP) is 1.16. The number of aliphatic carboxylic acids is 1. The Morgan fingerprint density at radius 3 is 2.53 bits per heavy atom. The summed E-state index contributed by atoms with van der Waals surface area (Å²) in [5.41, 5.74) is 0. The second-order valence-corrected chi connectivity index (χ2v) is 5.78. The summed E-state index contributed by atoms with van der Waals surface area (Å²) in [7, 11) is 0.